The van der Waals surface area contributed by atoms with Gasteiger partial charge in [0.25, 0.3) is 0 Å². The molecule has 0 aliphatic carbocycles. The van der Waals surface area contributed by atoms with Crippen molar-refractivity contribution in [1.29, 1.82) is 0 Å². The van der Waals surface area contributed by atoms with Crippen molar-refractivity contribution in [2.24, 2.45) is 16.8 Å². The topological polar surface area (TPSA) is 146 Å². The van der Waals surface area contributed by atoms with E-state index in [-0.39, 0.29) is 30.9 Å². The summed E-state index contributed by atoms with van der Waals surface area (Å²) in [6, 6.07) is 13.0. The second-order valence-electron chi connectivity index (χ2n) is 6.35. The fraction of sp³-hybridized carbons (Fsp3) is 0.263. The number of aromatic nitrogens is 3. The molecule has 0 spiro atoms. The van der Waals surface area contributed by atoms with Gasteiger partial charge >= 0.3 is 6.01 Å². The van der Waals surface area contributed by atoms with E-state index in [9.17, 15) is 4.79 Å². The van der Waals surface area contributed by atoms with Gasteiger partial charge in [-0.1, -0.05) is 18.2 Å². The van der Waals surface area contributed by atoms with Crippen LogP contribution in [-0.4, -0.2) is 52.2 Å². The lowest BCUT2D eigenvalue weighted by Gasteiger charge is -2.17. The Hall–Kier alpha value is -3.70. The predicted octanol–water partition coefficient (Wildman–Crippen LogP) is 0.869. The molecule has 0 atom stereocenters. The number of imidazole rings is 1. The number of carbonyl (C=O) groups excluding carboxylic acids is 1. The van der Waals surface area contributed by atoms with Gasteiger partial charge in [-0.2, -0.15) is 4.98 Å². The van der Waals surface area contributed by atoms with E-state index in [1.165, 1.54) is 5.01 Å². The Morgan fingerprint density at radius 2 is 2.03 bits per heavy atom. The quantitative estimate of drug-likeness (QED) is 0.224. The van der Waals surface area contributed by atoms with E-state index in [0.717, 1.165) is 5.52 Å². The maximum absolute atomic E-state index is 11.9. The van der Waals surface area contributed by atoms with Crippen molar-refractivity contribution in [3.63, 3.8) is 0 Å². The van der Waals surface area contributed by atoms with Crippen LogP contribution in [0.15, 0.2) is 47.6 Å². The number of hydrogen-bond donors (Lipinski definition) is 3. The molecule has 158 valence electrons. The van der Waals surface area contributed by atoms with E-state index in [4.69, 9.17) is 21.2 Å². The number of methoxy groups -OCH3 is 1. The molecule has 11 nitrogen and oxygen atoms in total. The lowest BCUT2D eigenvalue weighted by atomic mass is 10.3. The highest BCUT2D eigenvalue weighted by Crippen LogP contribution is 2.22. The number of hydrogen-bond acceptors (Lipinski definition) is 8. The minimum atomic E-state index is -0.181. The molecule has 5 N–H and O–H groups in total. The summed E-state index contributed by atoms with van der Waals surface area (Å²) in [5.74, 6) is 11.9. The molecule has 1 aromatic carbocycles. The van der Waals surface area contributed by atoms with Crippen LogP contribution in [0.3, 0.4) is 0 Å². The van der Waals surface area contributed by atoms with E-state index in [1.54, 1.807) is 36.9 Å². The number of benzene rings is 1. The highest BCUT2D eigenvalue weighted by Gasteiger charge is 2.18. The number of ether oxygens (including phenoxy) is 2. The third-order valence-corrected chi connectivity index (χ3v) is 4.12. The number of hydrazine groups is 1. The number of pyridine rings is 1. The van der Waals surface area contributed by atoms with Crippen LogP contribution < -0.4 is 21.7 Å². The van der Waals surface area contributed by atoms with E-state index >= 15 is 0 Å². The van der Waals surface area contributed by atoms with Gasteiger partial charge in [-0.3, -0.25) is 9.80 Å². The summed E-state index contributed by atoms with van der Waals surface area (Å²) in [5.41, 5.74) is 2.04. The van der Waals surface area contributed by atoms with Crippen molar-refractivity contribution in [2.45, 2.75) is 13.0 Å². The van der Waals surface area contributed by atoms with Gasteiger partial charge < -0.3 is 20.6 Å². The molecule has 3 rings (SSSR count). The van der Waals surface area contributed by atoms with E-state index in [0.29, 0.717) is 23.6 Å². The van der Waals surface area contributed by atoms with Gasteiger partial charge in [0.1, 0.15) is 12.4 Å². The Kier molecular flexibility index (Phi) is 6.78. The molecule has 0 saturated carbocycles. The first-order chi connectivity index (χ1) is 14.5. The number of nitrogens with zero attached hydrogens (tertiary/aromatic N) is 5. The highest BCUT2D eigenvalue weighted by atomic mass is 16.5. The predicted molar refractivity (Wildman–Crippen MR) is 112 cm³/mol. The van der Waals surface area contributed by atoms with Crippen molar-refractivity contribution in [1.82, 2.24) is 19.5 Å². The van der Waals surface area contributed by atoms with Gasteiger partial charge in [0.05, 0.1) is 29.8 Å². The Labute approximate surface area is 173 Å². The molecule has 11 heteroatoms. The van der Waals surface area contributed by atoms with Gasteiger partial charge in [0.2, 0.25) is 11.9 Å². The molecule has 2 aromatic heterocycles. The minimum Gasteiger partial charge on any atom is -0.458 e. The first-order valence-electron chi connectivity index (χ1n) is 9.15. The lowest BCUT2D eigenvalue weighted by Crippen LogP contribution is -2.39. The Balaban J connectivity index is 1.81. The maximum atomic E-state index is 11.9. The van der Waals surface area contributed by atoms with Gasteiger partial charge in [0.15, 0.2) is 0 Å². The number of anilines is 1. The Bertz CT molecular complexity index is 1050. The van der Waals surface area contributed by atoms with Crippen molar-refractivity contribution < 1.29 is 14.3 Å². The molecule has 0 bridgehead atoms. The molecule has 0 unspecified atom stereocenters. The summed E-state index contributed by atoms with van der Waals surface area (Å²) < 4.78 is 12.4. The fourth-order valence-electron chi connectivity index (χ4n) is 2.77. The van der Waals surface area contributed by atoms with E-state index in [2.05, 4.69) is 20.4 Å². The molecule has 0 fully saturated rings. The summed E-state index contributed by atoms with van der Waals surface area (Å²) in [6.07, 6.45) is 0.247. The van der Waals surface area contributed by atoms with E-state index < -0.39 is 0 Å². The van der Waals surface area contributed by atoms with Crippen LogP contribution in [0.25, 0.3) is 11.0 Å². The number of carbonyl (C=O) groups is 1. The molecule has 0 radical (unpaired) electrons. The van der Waals surface area contributed by atoms with Crippen molar-refractivity contribution >= 4 is 28.7 Å². The van der Waals surface area contributed by atoms with Crippen LogP contribution >= 0.6 is 0 Å². The Morgan fingerprint density at radius 1 is 1.23 bits per heavy atom. The SMILES string of the molecule is COCCC(=O)Nc1cccc(COc2nc3ccccc3n2/C(=N/N)N(C)N)n1. The zero-order valence-electron chi connectivity index (χ0n) is 16.8. The highest BCUT2D eigenvalue weighted by molar-refractivity contribution is 5.93. The summed E-state index contributed by atoms with van der Waals surface area (Å²) in [4.78, 5) is 20.7. The van der Waals surface area contributed by atoms with Crippen molar-refractivity contribution in [2.75, 3.05) is 26.1 Å². The Morgan fingerprint density at radius 3 is 2.77 bits per heavy atom. The van der Waals surface area contributed by atoms with Crippen molar-refractivity contribution in [3.05, 3.63) is 48.2 Å². The van der Waals surface area contributed by atoms with Crippen LogP contribution in [-0.2, 0) is 16.1 Å². The first kappa shape index (κ1) is 21.0. The second-order valence-corrected chi connectivity index (χ2v) is 6.35. The van der Waals surface area contributed by atoms with Gasteiger partial charge in [-0.05, 0) is 24.3 Å². The van der Waals surface area contributed by atoms with Crippen LogP contribution in [0.2, 0.25) is 0 Å². The van der Waals surface area contributed by atoms with Gasteiger partial charge in [-0.25, -0.2) is 15.4 Å². The lowest BCUT2D eigenvalue weighted by molar-refractivity contribution is -0.117. The van der Waals surface area contributed by atoms with Crippen LogP contribution in [0, 0.1) is 0 Å². The maximum Gasteiger partial charge on any atom is 0.304 e. The molecule has 0 saturated heterocycles. The summed E-state index contributed by atoms with van der Waals surface area (Å²) in [6.45, 7) is 0.447. The normalized spacial score (nSPS) is 11.5. The average molecular weight is 412 g/mol. The zero-order chi connectivity index (χ0) is 21.5. The number of fused-ring (bicyclic) bond motifs is 1. The number of nitrogens with one attached hydrogen (secondary N) is 1. The van der Waals surface area contributed by atoms with Crippen LogP contribution in [0.5, 0.6) is 6.01 Å². The first-order valence-corrected chi connectivity index (χ1v) is 9.15. The van der Waals surface area contributed by atoms with Crippen molar-refractivity contribution in [3.8, 4) is 6.01 Å². The molecule has 1 amide bonds. The van der Waals surface area contributed by atoms with Gasteiger partial charge in [-0.15, -0.1) is 5.10 Å². The summed E-state index contributed by atoms with van der Waals surface area (Å²) in [5, 5.41) is 7.75. The molecule has 3 aromatic rings. The molecular formula is C19H24N8O3. The zero-order valence-corrected chi connectivity index (χ0v) is 16.8. The van der Waals surface area contributed by atoms with Gasteiger partial charge in [0, 0.05) is 14.2 Å². The largest absolute Gasteiger partial charge is 0.458 e. The standard InChI is InChI=1S/C19H24N8O3/c1-26(21)18(25-20)27-15-8-4-3-7-14(15)23-19(27)30-12-13-6-5-9-16(22-13)24-17(28)10-11-29-2/h3-9H,10-12,20-21H2,1-2H3,(H,22,24,28)/b25-18+. The fourth-order valence-corrected chi connectivity index (χ4v) is 2.77. The average Bonchev–Trinajstić information content (AvgIpc) is 3.10. The third-order valence-electron chi connectivity index (χ3n) is 4.12. The smallest absolute Gasteiger partial charge is 0.304 e. The molecule has 30 heavy (non-hydrogen) atoms. The number of hydrazone groups is 1. The third kappa shape index (κ3) is 4.82. The number of para-hydroxylation sites is 2. The van der Waals surface area contributed by atoms with E-state index in [1.807, 2.05) is 24.3 Å². The number of amides is 1. The van der Waals surface area contributed by atoms with Crippen LogP contribution in [0.1, 0.15) is 12.1 Å². The summed E-state index contributed by atoms with van der Waals surface area (Å²) in [7, 11) is 3.15. The summed E-state index contributed by atoms with van der Waals surface area (Å²) >= 11 is 0. The number of rotatable bonds is 7. The molecule has 0 aliphatic rings. The molecular weight excluding hydrogens is 388 g/mol. The minimum absolute atomic E-state index is 0.108. The molecule has 2 heterocycles. The number of nitrogens with two attached hydrogens (primary N) is 2. The second kappa shape index (κ2) is 9.67. The molecule has 0 aliphatic heterocycles. The van der Waals surface area contributed by atoms with Crippen LogP contribution in [0.4, 0.5) is 5.82 Å². The monoisotopic (exact) mass is 412 g/mol.